The van der Waals surface area contributed by atoms with Crippen molar-refractivity contribution >= 4 is 11.7 Å². The van der Waals surface area contributed by atoms with Crippen LogP contribution >= 0.6 is 0 Å². The van der Waals surface area contributed by atoms with Crippen LogP contribution in [0.25, 0.3) is 0 Å². The first-order chi connectivity index (χ1) is 14.1. The molecule has 0 aliphatic carbocycles. The van der Waals surface area contributed by atoms with Gasteiger partial charge in [0.05, 0.1) is 6.04 Å². The SMILES string of the molecule is CCCC=C(C)C(CCCCCCCCCCCCCCC)N1CCC(=O)C1=O. The number of amides is 1. The molecule has 29 heavy (non-hydrogen) atoms. The van der Waals surface area contributed by atoms with Crippen LogP contribution in [0.5, 0.6) is 0 Å². The van der Waals surface area contributed by atoms with E-state index in [0.717, 1.165) is 25.7 Å². The van der Waals surface area contributed by atoms with E-state index in [1.54, 1.807) is 0 Å². The Morgan fingerprint density at radius 2 is 1.34 bits per heavy atom. The second-order valence-corrected chi connectivity index (χ2v) is 8.96. The maximum absolute atomic E-state index is 12.2. The minimum Gasteiger partial charge on any atom is -0.329 e. The molecule has 0 aromatic heterocycles. The summed E-state index contributed by atoms with van der Waals surface area (Å²) in [4.78, 5) is 25.7. The van der Waals surface area contributed by atoms with Crippen LogP contribution in [0.2, 0.25) is 0 Å². The summed E-state index contributed by atoms with van der Waals surface area (Å²) in [6, 6.07) is 0.133. The van der Waals surface area contributed by atoms with Gasteiger partial charge in [0.1, 0.15) is 0 Å². The summed E-state index contributed by atoms with van der Waals surface area (Å²) >= 11 is 0. The molecule has 0 spiro atoms. The van der Waals surface area contributed by atoms with E-state index < -0.39 is 0 Å². The molecule has 1 amide bonds. The second-order valence-electron chi connectivity index (χ2n) is 8.96. The van der Waals surface area contributed by atoms with Crippen molar-refractivity contribution in [3.8, 4) is 0 Å². The Labute approximate surface area is 180 Å². The zero-order valence-electron chi connectivity index (χ0n) is 19.6. The van der Waals surface area contributed by atoms with Crippen molar-refractivity contribution in [1.29, 1.82) is 0 Å². The molecule has 1 saturated heterocycles. The third kappa shape index (κ3) is 11.0. The number of hydrogen-bond donors (Lipinski definition) is 0. The van der Waals surface area contributed by atoms with Gasteiger partial charge in [-0.2, -0.15) is 0 Å². The van der Waals surface area contributed by atoms with Gasteiger partial charge in [0, 0.05) is 13.0 Å². The topological polar surface area (TPSA) is 37.4 Å². The van der Waals surface area contributed by atoms with Crippen molar-refractivity contribution in [3.63, 3.8) is 0 Å². The normalized spacial score (nSPS) is 16.1. The highest BCUT2D eigenvalue weighted by molar-refractivity contribution is 6.38. The summed E-state index contributed by atoms with van der Waals surface area (Å²) in [7, 11) is 0. The quantitative estimate of drug-likeness (QED) is 0.135. The first kappa shape index (κ1) is 25.9. The summed E-state index contributed by atoms with van der Waals surface area (Å²) in [5, 5.41) is 0. The largest absolute Gasteiger partial charge is 0.329 e. The molecular formula is C26H47NO2. The lowest BCUT2D eigenvalue weighted by Crippen LogP contribution is -2.38. The molecule has 0 radical (unpaired) electrons. The van der Waals surface area contributed by atoms with Crippen molar-refractivity contribution in [1.82, 2.24) is 4.90 Å². The number of ketones is 1. The lowest BCUT2D eigenvalue weighted by Gasteiger charge is -2.28. The average molecular weight is 406 g/mol. The van der Waals surface area contributed by atoms with Crippen LogP contribution in [-0.2, 0) is 9.59 Å². The number of Topliss-reactive ketones (excluding diaryl/α,β-unsaturated/α-hetero) is 1. The number of unbranched alkanes of at least 4 members (excludes halogenated alkanes) is 13. The fourth-order valence-corrected chi connectivity index (χ4v) is 4.38. The highest BCUT2D eigenvalue weighted by Crippen LogP contribution is 2.23. The number of carbonyl (C=O) groups is 2. The van der Waals surface area contributed by atoms with Gasteiger partial charge in [0.2, 0.25) is 5.78 Å². The highest BCUT2D eigenvalue weighted by Gasteiger charge is 2.34. The van der Waals surface area contributed by atoms with Crippen LogP contribution < -0.4 is 0 Å². The van der Waals surface area contributed by atoms with Crippen molar-refractivity contribution in [2.24, 2.45) is 0 Å². The zero-order chi connectivity index (χ0) is 21.3. The Morgan fingerprint density at radius 1 is 0.828 bits per heavy atom. The second kappa shape index (κ2) is 16.7. The van der Waals surface area contributed by atoms with E-state index >= 15 is 0 Å². The smallest absolute Gasteiger partial charge is 0.290 e. The molecule has 1 aliphatic heterocycles. The van der Waals surface area contributed by atoms with Crippen molar-refractivity contribution in [2.45, 2.75) is 136 Å². The average Bonchev–Trinajstić information content (AvgIpc) is 3.05. The van der Waals surface area contributed by atoms with E-state index in [0.29, 0.717) is 13.0 Å². The molecule has 0 N–H and O–H groups in total. The van der Waals surface area contributed by atoms with E-state index in [9.17, 15) is 9.59 Å². The Bertz CT molecular complexity index is 483. The monoisotopic (exact) mass is 405 g/mol. The van der Waals surface area contributed by atoms with Crippen LogP contribution in [0.3, 0.4) is 0 Å². The summed E-state index contributed by atoms with van der Waals surface area (Å²) in [6.45, 7) is 7.20. The first-order valence-corrected chi connectivity index (χ1v) is 12.6. The van der Waals surface area contributed by atoms with Crippen molar-refractivity contribution in [2.75, 3.05) is 6.54 Å². The first-order valence-electron chi connectivity index (χ1n) is 12.6. The predicted octanol–water partition coefficient (Wildman–Crippen LogP) is 7.38. The molecule has 1 fully saturated rings. The lowest BCUT2D eigenvalue weighted by molar-refractivity contribution is -0.140. The Balaban J connectivity index is 2.17. The van der Waals surface area contributed by atoms with Crippen LogP contribution in [0.1, 0.15) is 130 Å². The zero-order valence-corrected chi connectivity index (χ0v) is 19.6. The fourth-order valence-electron chi connectivity index (χ4n) is 4.38. The van der Waals surface area contributed by atoms with Gasteiger partial charge in [-0.1, -0.05) is 115 Å². The molecule has 1 rings (SSSR count). The number of allylic oxidation sites excluding steroid dienone is 1. The standard InChI is InChI=1S/C26H47NO2/c1-4-6-8-9-10-11-12-13-14-15-16-17-18-20-24(23(3)19-7-5-2)27-22-21-25(28)26(27)29/h19,24H,4-18,20-22H2,1-3H3. The molecule has 0 aromatic rings. The van der Waals surface area contributed by atoms with Crippen molar-refractivity contribution in [3.05, 3.63) is 11.6 Å². The van der Waals surface area contributed by atoms with Crippen molar-refractivity contribution < 1.29 is 9.59 Å². The molecule has 1 heterocycles. The highest BCUT2D eigenvalue weighted by atomic mass is 16.2. The Kier molecular flexibility index (Phi) is 14.9. The van der Waals surface area contributed by atoms with Crippen LogP contribution in [-0.4, -0.2) is 29.2 Å². The van der Waals surface area contributed by atoms with Gasteiger partial charge in [-0.15, -0.1) is 0 Å². The van der Waals surface area contributed by atoms with Gasteiger partial charge in [-0.25, -0.2) is 0 Å². The number of likely N-dealkylation sites (tertiary alicyclic amines) is 1. The Morgan fingerprint density at radius 3 is 1.79 bits per heavy atom. The van der Waals surface area contributed by atoms with Crippen LogP contribution in [0, 0.1) is 0 Å². The lowest BCUT2D eigenvalue weighted by atomic mass is 9.98. The third-order valence-corrected chi connectivity index (χ3v) is 6.32. The molecule has 0 aromatic carbocycles. The molecule has 168 valence electrons. The fraction of sp³-hybridized carbons (Fsp3) is 0.846. The molecular weight excluding hydrogens is 358 g/mol. The molecule has 0 bridgehead atoms. The summed E-state index contributed by atoms with van der Waals surface area (Å²) in [5.74, 6) is -0.461. The molecule has 3 nitrogen and oxygen atoms in total. The van der Waals surface area contributed by atoms with E-state index in [1.165, 1.54) is 82.6 Å². The van der Waals surface area contributed by atoms with E-state index in [4.69, 9.17) is 0 Å². The summed E-state index contributed by atoms with van der Waals surface area (Å²) < 4.78 is 0. The number of hydrogen-bond acceptors (Lipinski definition) is 2. The molecule has 1 unspecified atom stereocenters. The Hall–Kier alpha value is -1.12. The number of carbonyl (C=O) groups excluding carboxylic acids is 2. The van der Waals surface area contributed by atoms with Gasteiger partial charge >= 0.3 is 0 Å². The molecule has 0 saturated carbocycles. The minimum absolute atomic E-state index is 0.133. The molecule has 3 heteroatoms. The van der Waals surface area contributed by atoms with E-state index in [2.05, 4.69) is 26.8 Å². The van der Waals surface area contributed by atoms with E-state index in [1.807, 2.05) is 4.90 Å². The maximum Gasteiger partial charge on any atom is 0.290 e. The number of nitrogens with zero attached hydrogens (tertiary/aromatic N) is 1. The van der Waals surface area contributed by atoms with Gasteiger partial charge in [0.15, 0.2) is 0 Å². The van der Waals surface area contributed by atoms with Gasteiger partial charge in [0.25, 0.3) is 5.91 Å². The van der Waals surface area contributed by atoms with Gasteiger partial charge in [-0.3, -0.25) is 9.59 Å². The maximum atomic E-state index is 12.2. The third-order valence-electron chi connectivity index (χ3n) is 6.32. The molecule has 1 atom stereocenters. The summed E-state index contributed by atoms with van der Waals surface area (Å²) in [6.07, 6.45) is 23.4. The van der Waals surface area contributed by atoms with Crippen LogP contribution in [0.15, 0.2) is 11.6 Å². The minimum atomic E-state index is -0.256. The molecule has 1 aliphatic rings. The van der Waals surface area contributed by atoms with Gasteiger partial charge < -0.3 is 4.90 Å². The summed E-state index contributed by atoms with van der Waals surface area (Å²) in [5.41, 5.74) is 1.27. The van der Waals surface area contributed by atoms with E-state index in [-0.39, 0.29) is 17.7 Å². The number of rotatable bonds is 18. The predicted molar refractivity (Wildman–Crippen MR) is 124 cm³/mol. The van der Waals surface area contributed by atoms with Gasteiger partial charge in [-0.05, 0) is 19.8 Å². The van der Waals surface area contributed by atoms with Crippen LogP contribution in [0.4, 0.5) is 0 Å².